The second-order valence-corrected chi connectivity index (χ2v) is 6.28. The van der Waals surface area contributed by atoms with Crippen LogP contribution < -0.4 is 5.56 Å². The highest BCUT2D eigenvalue weighted by molar-refractivity contribution is 5.79. The number of carbonyl (C=O) groups excluding carboxylic acids is 1. The fraction of sp³-hybridized carbons (Fsp3) is 0.200. The lowest BCUT2D eigenvalue weighted by molar-refractivity contribution is -0.132. The first-order chi connectivity index (χ1) is 13.2. The van der Waals surface area contributed by atoms with Gasteiger partial charge in [-0.1, -0.05) is 18.2 Å². The van der Waals surface area contributed by atoms with E-state index in [-0.39, 0.29) is 18.0 Å². The van der Waals surface area contributed by atoms with Crippen LogP contribution in [0.4, 0.5) is 0 Å². The van der Waals surface area contributed by atoms with Crippen LogP contribution in [0.3, 0.4) is 0 Å². The number of carbonyl (C=O) groups is 1. The molecule has 136 valence electrons. The summed E-state index contributed by atoms with van der Waals surface area (Å²) in [7, 11) is 0. The normalized spacial score (nSPS) is 11.1. The van der Waals surface area contributed by atoms with Crippen molar-refractivity contribution < 1.29 is 4.79 Å². The summed E-state index contributed by atoms with van der Waals surface area (Å²) in [5.41, 5.74) is 2.18. The number of fused-ring (bicyclic) bond motifs is 2. The fourth-order valence-electron chi connectivity index (χ4n) is 3.14. The lowest BCUT2D eigenvalue weighted by atomic mass is 10.2. The van der Waals surface area contributed by atoms with Crippen molar-refractivity contribution in [3.63, 3.8) is 0 Å². The number of aromatic nitrogens is 4. The molecule has 0 bridgehead atoms. The molecule has 4 aromatic rings. The van der Waals surface area contributed by atoms with Crippen molar-refractivity contribution in [2.24, 2.45) is 0 Å². The topological polar surface area (TPSA) is 72.5 Å². The smallest absolute Gasteiger partial charge is 0.261 e. The number of rotatable bonds is 5. The molecule has 0 saturated carbocycles. The van der Waals surface area contributed by atoms with E-state index in [2.05, 4.69) is 9.97 Å². The largest absolute Gasteiger partial charge is 0.336 e. The third-order valence-electron chi connectivity index (χ3n) is 4.62. The lowest BCUT2D eigenvalue weighted by Crippen LogP contribution is -2.36. The molecular weight excluding hydrogens is 342 g/mol. The molecule has 0 aliphatic heterocycles. The van der Waals surface area contributed by atoms with E-state index in [1.807, 2.05) is 41.8 Å². The van der Waals surface area contributed by atoms with E-state index < -0.39 is 0 Å². The van der Waals surface area contributed by atoms with Crippen molar-refractivity contribution >= 4 is 22.5 Å². The van der Waals surface area contributed by atoms with E-state index in [0.29, 0.717) is 24.0 Å². The van der Waals surface area contributed by atoms with Gasteiger partial charge in [0.1, 0.15) is 12.2 Å². The summed E-state index contributed by atoms with van der Waals surface area (Å²) in [5.74, 6) is -0.137. The number of amides is 1. The number of hydrogen-bond donors (Lipinski definition) is 0. The van der Waals surface area contributed by atoms with Crippen molar-refractivity contribution in [1.29, 1.82) is 0 Å². The van der Waals surface area contributed by atoms with Crippen molar-refractivity contribution in [3.8, 4) is 0 Å². The molecule has 7 nitrogen and oxygen atoms in total. The maximum absolute atomic E-state index is 12.8. The highest BCUT2D eigenvalue weighted by atomic mass is 16.2. The Kier molecular flexibility index (Phi) is 4.42. The van der Waals surface area contributed by atoms with Crippen molar-refractivity contribution in [2.75, 3.05) is 6.54 Å². The van der Waals surface area contributed by atoms with E-state index in [4.69, 9.17) is 0 Å². The van der Waals surface area contributed by atoms with Crippen molar-refractivity contribution in [2.45, 2.75) is 20.0 Å². The molecule has 0 saturated heterocycles. The van der Waals surface area contributed by atoms with Crippen LogP contribution in [0.1, 0.15) is 12.6 Å². The molecule has 0 aliphatic carbocycles. The number of likely N-dealkylation sites (N-methyl/N-ethyl adjacent to an activating group) is 1. The third-order valence-corrected chi connectivity index (χ3v) is 4.62. The van der Waals surface area contributed by atoms with Crippen molar-refractivity contribution in [1.82, 2.24) is 23.8 Å². The number of benzene rings is 1. The molecule has 0 fully saturated rings. The molecular formula is C20H19N5O2. The predicted octanol–water partition coefficient (Wildman–Crippen LogP) is 2.09. The Hall–Kier alpha value is -3.48. The minimum absolute atomic E-state index is 0.0404. The first-order valence-corrected chi connectivity index (χ1v) is 8.80. The Morgan fingerprint density at radius 3 is 2.78 bits per heavy atom. The minimum Gasteiger partial charge on any atom is -0.336 e. The Morgan fingerprint density at radius 1 is 1.11 bits per heavy atom. The summed E-state index contributed by atoms with van der Waals surface area (Å²) in [6.45, 7) is 2.84. The van der Waals surface area contributed by atoms with E-state index in [1.54, 1.807) is 29.3 Å². The van der Waals surface area contributed by atoms with Gasteiger partial charge in [-0.05, 0) is 31.2 Å². The summed E-state index contributed by atoms with van der Waals surface area (Å²) >= 11 is 0. The minimum atomic E-state index is -0.209. The molecule has 0 aliphatic rings. The van der Waals surface area contributed by atoms with Gasteiger partial charge < -0.3 is 9.30 Å². The van der Waals surface area contributed by atoms with Gasteiger partial charge in [-0.2, -0.15) is 0 Å². The van der Waals surface area contributed by atoms with Gasteiger partial charge >= 0.3 is 0 Å². The molecule has 0 spiro atoms. The van der Waals surface area contributed by atoms with Gasteiger partial charge in [0.05, 0.1) is 35.7 Å². The molecule has 1 amide bonds. The average molecular weight is 361 g/mol. The number of para-hydroxylation sites is 1. The molecule has 0 N–H and O–H groups in total. The number of imidazole rings is 1. The summed E-state index contributed by atoms with van der Waals surface area (Å²) in [5, 5.41) is 0.512. The molecule has 0 radical (unpaired) electrons. The number of hydrogen-bond acceptors (Lipinski definition) is 4. The zero-order valence-electron chi connectivity index (χ0n) is 14.9. The van der Waals surface area contributed by atoms with Gasteiger partial charge in [0.2, 0.25) is 5.91 Å². The molecule has 3 aromatic heterocycles. The fourth-order valence-corrected chi connectivity index (χ4v) is 3.14. The lowest BCUT2D eigenvalue weighted by Gasteiger charge is -2.21. The molecule has 1 aromatic carbocycles. The molecule has 3 heterocycles. The molecule has 0 unspecified atom stereocenters. The summed E-state index contributed by atoms with van der Waals surface area (Å²) < 4.78 is 3.32. The highest BCUT2D eigenvalue weighted by Crippen LogP contribution is 2.10. The summed E-state index contributed by atoms with van der Waals surface area (Å²) in [6, 6.07) is 12.9. The average Bonchev–Trinajstić information content (AvgIpc) is 3.11. The first-order valence-electron chi connectivity index (χ1n) is 8.80. The van der Waals surface area contributed by atoms with Gasteiger partial charge in [-0.3, -0.25) is 14.2 Å². The quantitative estimate of drug-likeness (QED) is 0.546. The second kappa shape index (κ2) is 7.03. The van der Waals surface area contributed by atoms with Gasteiger partial charge in [-0.15, -0.1) is 0 Å². The Labute approximate surface area is 155 Å². The van der Waals surface area contributed by atoms with Gasteiger partial charge in [-0.25, -0.2) is 9.97 Å². The maximum atomic E-state index is 12.8. The van der Waals surface area contributed by atoms with Crippen molar-refractivity contribution in [3.05, 3.63) is 77.2 Å². The van der Waals surface area contributed by atoms with Crippen LogP contribution in [-0.2, 0) is 17.9 Å². The Bertz CT molecular complexity index is 1180. The number of nitrogens with zero attached hydrogens (tertiary/aromatic N) is 5. The zero-order chi connectivity index (χ0) is 18.8. The van der Waals surface area contributed by atoms with Crippen LogP contribution in [0, 0.1) is 0 Å². The summed E-state index contributed by atoms with van der Waals surface area (Å²) in [4.78, 5) is 35.7. The molecule has 4 rings (SSSR count). The maximum Gasteiger partial charge on any atom is 0.261 e. The van der Waals surface area contributed by atoms with E-state index in [9.17, 15) is 9.59 Å². The van der Waals surface area contributed by atoms with Crippen LogP contribution in [0.25, 0.3) is 16.6 Å². The molecule has 7 heteroatoms. The van der Waals surface area contributed by atoms with Crippen LogP contribution in [0.5, 0.6) is 0 Å². The van der Waals surface area contributed by atoms with Crippen LogP contribution in [-0.4, -0.2) is 36.3 Å². The van der Waals surface area contributed by atoms with E-state index >= 15 is 0 Å². The van der Waals surface area contributed by atoms with Crippen LogP contribution >= 0.6 is 0 Å². The third kappa shape index (κ3) is 3.19. The number of pyridine rings is 1. The Morgan fingerprint density at radius 2 is 1.93 bits per heavy atom. The Balaban J connectivity index is 1.58. The predicted molar refractivity (Wildman–Crippen MR) is 102 cm³/mol. The van der Waals surface area contributed by atoms with Crippen LogP contribution in [0.2, 0.25) is 0 Å². The summed E-state index contributed by atoms with van der Waals surface area (Å²) in [6.07, 6.45) is 5.13. The van der Waals surface area contributed by atoms with E-state index in [0.717, 1.165) is 11.3 Å². The SMILES string of the molecule is CCN(Cc1cnc2ccccn12)C(=O)Cn1cnc2ccccc2c1=O. The molecule has 27 heavy (non-hydrogen) atoms. The highest BCUT2D eigenvalue weighted by Gasteiger charge is 2.16. The zero-order valence-corrected chi connectivity index (χ0v) is 14.9. The molecule has 0 atom stereocenters. The monoisotopic (exact) mass is 361 g/mol. The standard InChI is InChI=1S/C20H19N5O2/c1-2-23(12-15-11-21-18-9-5-6-10-25(15)18)19(26)13-24-14-22-17-8-4-3-7-16(17)20(24)27/h3-11,14H,2,12-13H2,1H3. The second-order valence-electron chi connectivity index (χ2n) is 6.28. The first kappa shape index (κ1) is 17.0. The van der Waals surface area contributed by atoms with Gasteiger partial charge in [0.25, 0.3) is 5.56 Å². The van der Waals surface area contributed by atoms with Gasteiger partial charge in [0, 0.05) is 12.7 Å². The van der Waals surface area contributed by atoms with Gasteiger partial charge in [0.15, 0.2) is 0 Å². The van der Waals surface area contributed by atoms with Crippen LogP contribution in [0.15, 0.2) is 66.0 Å². The van der Waals surface area contributed by atoms with E-state index in [1.165, 1.54) is 10.9 Å².